The summed E-state index contributed by atoms with van der Waals surface area (Å²) in [5.74, 6) is -0.0198. The average Bonchev–Trinajstić information content (AvgIpc) is 2.57. The number of hydrogen-bond donors (Lipinski definition) is 2. The predicted octanol–water partition coefficient (Wildman–Crippen LogP) is 5.80. The summed E-state index contributed by atoms with van der Waals surface area (Å²) in [6, 6.07) is 13.6. The van der Waals surface area contributed by atoms with Gasteiger partial charge in [-0.05, 0) is 62.1 Å². The topological polar surface area (TPSA) is 58.2 Å². The van der Waals surface area contributed by atoms with Crippen LogP contribution in [0.2, 0.25) is 0 Å². The maximum atomic E-state index is 12.5. The van der Waals surface area contributed by atoms with Crippen molar-refractivity contribution >= 4 is 35.0 Å². The second-order valence-electron chi connectivity index (χ2n) is 8.38. The highest BCUT2D eigenvalue weighted by Gasteiger charge is 2.17. The van der Waals surface area contributed by atoms with Crippen LogP contribution in [-0.2, 0) is 9.59 Å². The molecule has 150 valence electrons. The van der Waals surface area contributed by atoms with Crippen LogP contribution in [0.25, 0.3) is 0 Å². The van der Waals surface area contributed by atoms with E-state index >= 15 is 0 Å². The molecule has 2 rings (SSSR count). The third-order valence-electron chi connectivity index (χ3n) is 4.15. The maximum absolute atomic E-state index is 12.5. The van der Waals surface area contributed by atoms with Crippen LogP contribution in [0.3, 0.4) is 0 Å². The Bertz CT molecular complexity index is 839. The van der Waals surface area contributed by atoms with E-state index in [1.165, 1.54) is 17.3 Å². The Morgan fingerprint density at radius 3 is 2.21 bits per heavy atom. The minimum absolute atomic E-state index is 0.00844. The SMILES string of the molecule is Cc1ccc(NC(=O)C(C)Sc2ccc(NC(=O)CC(C)(C)C)cc2)c(C)c1. The number of nitrogens with one attached hydrogen (secondary N) is 2. The zero-order chi connectivity index (χ0) is 20.9. The Morgan fingerprint density at radius 2 is 1.64 bits per heavy atom. The van der Waals surface area contributed by atoms with Crippen molar-refractivity contribution in [2.24, 2.45) is 5.41 Å². The monoisotopic (exact) mass is 398 g/mol. The third kappa shape index (κ3) is 7.04. The van der Waals surface area contributed by atoms with E-state index in [2.05, 4.69) is 16.7 Å². The first-order valence-electron chi connectivity index (χ1n) is 9.48. The van der Waals surface area contributed by atoms with Crippen LogP contribution in [0.1, 0.15) is 45.2 Å². The van der Waals surface area contributed by atoms with E-state index in [-0.39, 0.29) is 22.5 Å². The lowest BCUT2D eigenvalue weighted by Gasteiger charge is -2.17. The van der Waals surface area contributed by atoms with Crippen LogP contribution in [0, 0.1) is 19.3 Å². The Balaban J connectivity index is 1.92. The molecule has 0 fully saturated rings. The van der Waals surface area contributed by atoms with Gasteiger partial charge in [-0.15, -0.1) is 11.8 Å². The molecule has 0 aliphatic carbocycles. The van der Waals surface area contributed by atoms with Crippen LogP contribution >= 0.6 is 11.8 Å². The fraction of sp³-hybridized carbons (Fsp3) is 0.391. The Labute approximate surface area is 172 Å². The lowest BCUT2D eigenvalue weighted by molar-refractivity contribution is -0.118. The highest BCUT2D eigenvalue weighted by molar-refractivity contribution is 8.00. The van der Waals surface area contributed by atoms with Gasteiger partial charge in [0.25, 0.3) is 0 Å². The maximum Gasteiger partial charge on any atom is 0.237 e. The second kappa shape index (κ2) is 9.28. The van der Waals surface area contributed by atoms with Crippen LogP contribution in [0.15, 0.2) is 47.4 Å². The van der Waals surface area contributed by atoms with Crippen molar-refractivity contribution in [3.63, 3.8) is 0 Å². The van der Waals surface area contributed by atoms with Crippen molar-refractivity contribution in [3.05, 3.63) is 53.6 Å². The summed E-state index contributed by atoms with van der Waals surface area (Å²) in [6.45, 7) is 12.0. The number of carbonyl (C=O) groups excluding carboxylic acids is 2. The molecular weight excluding hydrogens is 368 g/mol. The molecule has 28 heavy (non-hydrogen) atoms. The summed E-state index contributed by atoms with van der Waals surface area (Å²) in [5.41, 5.74) is 3.80. The van der Waals surface area contributed by atoms with E-state index in [0.717, 1.165) is 21.8 Å². The molecule has 0 saturated heterocycles. The number of carbonyl (C=O) groups is 2. The summed E-state index contributed by atoms with van der Waals surface area (Å²) in [4.78, 5) is 25.5. The highest BCUT2D eigenvalue weighted by Crippen LogP contribution is 2.27. The first-order valence-corrected chi connectivity index (χ1v) is 10.4. The van der Waals surface area contributed by atoms with Crippen molar-refractivity contribution in [1.82, 2.24) is 0 Å². The standard InChI is InChI=1S/C23H30N2O2S/c1-15-7-12-20(16(2)13-15)25-22(27)17(3)28-19-10-8-18(9-11-19)24-21(26)14-23(4,5)6/h7-13,17H,14H2,1-6H3,(H,24,26)(H,25,27). The minimum Gasteiger partial charge on any atom is -0.326 e. The van der Waals surface area contributed by atoms with Gasteiger partial charge in [0.2, 0.25) is 11.8 Å². The predicted molar refractivity (Wildman–Crippen MR) is 119 cm³/mol. The van der Waals surface area contributed by atoms with Gasteiger partial charge in [-0.2, -0.15) is 0 Å². The van der Waals surface area contributed by atoms with E-state index in [1.54, 1.807) is 0 Å². The van der Waals surface area contributed by atoms with Gasteiger partial charge in [0, 0.05) is 22.7 Å². The summed E-state index contributed by atoms with van der Waals surface area (Å²) >= 11 is 1.49. The molecule has 2 N–H and O–H groups in total. The van der Waals surface area contributed by atoms with Crippen molar-refractivity contribution in [1.29, 1.82) is 0 Å². The average molecular weight is 399 g/mol. The molecule has 0 aliphatic heterocycles. The fourth-order valence-corrected chi connectivity index (χ4v) is 3.62. The van der Waals surface area contributed by atoms with Gasteiger partial charge in [0.1, 0.15) is 0 Å². The zero-order valence-electron chi connectivity index (χ0n) is 17.6. The molecule has 0 spiro atoms. The first kappa shape index (κ1) is 22.0. The molecule has 1 unspecified atom stereocenters. The van der Waals surface area contributed by atoms with Gasteiger partial charge in [0.15, 0.2) is 0 Å². The summed E-state index contributed by atoms with van der Waals surface area (Å²) in [5, 5.41) is 5.68. The van der Waals surface area contributed by atoms with Crippen molar-refractivity contribution in [2.75, 3.05) is 10.6 Å². The van der Waals surface area contributed by atoms with Crippen molar-refractivity contribution < 1.29 is 9.59 Å². The molecule has 2 aromatic rings. The van der Waals surface area contributed by atoms with E-state index in [0.29, 0.717) is 6.42 Å². The largest absolute Gasteiger partial charge is 0.326 e. The van der Waals surface area contributed by atoms with Crippen molar-refractivity contribution in [2.45, 2.75) is 58.1 Å². The first-order chi connectivity index (χ1) is 13.0. The fourth-order valence-electron chi connectivity index (χ4n) is 2.75. The van der Waals surface area contributed by atoms with E-state index in [9.17, 15) is 9.59 Å². The zero-order valence-corrected chi connectivity index (χ0v) is 18.4. The number of amides is 2. The molecule has 0 aromatic heterocycles. The molecule has 1 atom stereocenters. The summed E-state index contributed by atoms with van der Waals surface area (Å²) < 4.78 is 0. The van der Waals surface area contributed by atoms with Crippen LogP contribution in [0.5, 0.6) is 0 Å². The molecule has 0 bridgehead atoms. The number of anilines is 2. The molecule has 0 heterocycles. The molecule has 2 aromatic carbocycles. The molecule has 4 nitrogen and oxygen atoms in total. The smallest absolute Gasteiger partial charge is 0.237 e. The Hall–Kier alpha value is -2.27. The minimum atomic E-state index is -0.234. The molecule has 0 saturated carbocycles. The van der Waals surface area contributed by atoms with Gasteiger partial charge in [-0.3, -0.25) is 9.59 Å². The highest BCUT2D eigenvalue weighted by atomic mass is 32.2. The van der Waals surface area contributed by atoms with Gasteiger partial charge >= 0.3 is 0 Å². The van der Waals surface area contributed by atoms with E-state index < -0.39 is 0 Å². The van der Waals surface area contributed by atoms with Gasteiger partial charge in [0.05, 0.1) is 5.25 Å². The lowest BCUT2D eigenvalue weighted by Crippen LogP contribution is -2.22. The lowest BCUT2D eigenvalue weighted by atomic mass is 9.92. The molecule has 0 radical (unpaired) electrons. The quantitative estimate of drug-likeness (QED) is 0.605. The summed E-state index contributed by atoms with van der Waals surface area (Å²) in [6.07, 6.45) is 0.471. The third-order valence-corrected chi connectivity index (χ3v) is 5.26. The van der Waals surface area contributed by atoms with E-state index in [1.807, 2.05) is 77.9 Å². The molecule has 5 heteroatoms. The molecular formula is C23H30N2O2S. The number of benzene rings is 2. The molecule has 2 amide bonds. The Kier molecular flexibility index (Phi) is 7.30. The second-order valence-corrected chi connectivity index (χ2v) is 9.79. The number of rotatable bonds is 6. The van der Waals surface area contributed by atoms with Crippen LogP contribution in [0.4, 0.5) is 11.4 Å². The Morgan fingerprint density at radius 1 is 1.00 bits per heavy atom. The normalized spacial score (nSPS) is 12.4. The number of hydrogen-bond acceptors (Lipinski definition) is 3. The molecule has 0 aliphatic rings. The van der Waals surface area contributed by atoms with Gasteiger partial charge in [-0.1, -0.05) is 38.5 Å². The van der Waals surface area contributed by atoms with Gasteiger partial charge < -0.3 is 10.6 Å². The number of aryl methyl sites for hydroxylation is 2. The number of thioether (sulfide) groups is 1. The van der Waals surface area contributed by atoms with Crippen LogP contribution in [-0.4, -0.2) is 17.1 Å². The van der Waals surface area contributed by atoms with Crippen molar-refractivity contribution in [3.8, 4) is 0 Å². The van der Waals surface area contributed by atoms with E-state index in [4.69, 9.17) is 0 Å². The van der Waals surface area contributed by atoms with Gasteiger partial charge in [-0.25, -0.2) is 0 Å². The summed E-state index contributed by atoms with van der Waals surface area (Å²) in [7, 11) is 0. The van der Waals surface area contributed by atoms with Crippen LogP contribution < -0.4 is 10.6 Å².